The molecule has 0 fully saturated rings. The van der Waals surface area contributed by atoms with Crippen molar-refractivity contribution in [3.8, 4) is 0 Å². The second-order valence-electron chi connectivity index (χ2n) is 5.53. The Balaban J connectivity index is 3.33. The van der Waals surface area contributed by atoms with Crippen molar-refractivity contribution in [3.63, 3.8) is 0 Å². The summed E-state index contributed by atoms with van der Waals surface area (Å²) in [6.07, 6.45) is 4.92. The molecule has 1 atom stereocenters. The quantitative estimate of drug-likeness (QED) is 0.799. The highest BCUT2D eigenvalue weighted by atomic mass is 35.5. The Morgan fingerprint density at radius 3 is 2.35 bits per heavy atom. The first kappa shape index (κ1) is 17.5. The van der Waals surface area contributed by atoms with Crippen LogP contribution < -0.4 is 5.32 Å². The van der Waals surface area contributed by atoms with Gasteiger partial charge in [-0.2, -0.15) is 5.10 Å². The van der Waals surface area contributed by atoms with Crippen LogP contribution in [0.1, 0.15) is 51.8 Å². The molecule has 0 saturated heterocycles. The van der Waals surface area contributed by atoms with E-state index in [9.17, 15) is 0 Å². The second-order valence-corrected chi connectivity index (χ2v) is 5.93. The lowest BCUT2D eigenvalue weighted by atomic mass is 9.81. The van der Waals surface area contributed by atoms with Crippen molar-refractivity contribution in [2.45, 2.75) is 58.2 Å². The first-order valence-electron chi connectivity index (χ1n) is 7.54. The standard InChI is InChI=1S/C15H29ClN4/c1-7-10-20-13(12(16)11-18-20)14(17-4)15(8-2,9-3)19(5)6/h11,14,17H,7-10H2,1-6H3. The molecule has 0 aromatic carbocycles. The fourth-order valence-electron chi connectivity index (χ4n) is 3.26. The molecule has 1 rings (SSSR count). The maximum Gasteiger partial charge on any atom is 0.0834 e. The van der Waals surface area contributed by atoms with Crippen LogP contribution in [0.15, 0.2) is 6.20 Å². The fraction of sp³-hybridized carbons (Fsp3) is 0.800. The van der Waals surface area contributed by atoms with Crippen molar-refractivity contribution < 1.29 is 0 Å². The van der Waals surface area contributed by atoms with Gasteiger partial charge in [0, 0.05) is 12.1 Å². The van der Waals surface area contributed by atoms with Gasteiger partial charge in [-0.1, -0.05) is 32.4 Å². The molecular weight excluding hydrogens is 272 g/mol. The molecule has 116 valence electrons. The predicted molar refractivity (Wildman–Crippen MR) is 86.3 cm³/mol. The molecule has 1 aromatic heterocycles. The van der Waals surface area contributed by atoms with Gasteiger partial charge in [-0.05, 0) is 40.4 Å². The van der Waals surface area contributed by atoms with Gasteiger partial charge in [-0.25, -0.2) is 0 Å². The van der Waals surface area contributed by atoms with Crippen molar-refractivity contribution in [2.75, 3.05) is 21.1 Å². The Hall–Kier alpha value is -0.580. The van der Waals surface area contributed by atoms with E-state index in [-0.39, 0.29) is 11.6 Å². The van der Waals surface area contributed by atoms with Crippen LogP contribution in [0.5, 0.6) is 0 Å². The first-order chi connectivity index (χ1) is 9.48. The minimum atomic E-state index is 0.0317. The highest BCUT2D eigenvalue weighted by Crippen LogP contribution is 2.38. The molecule has 0 aliphatic rings. The lowest BCUT2D eigenvalue weighted by Crippen LogP contribution is -2.53. The van der Waals surface area contributed by atoms with Crippen molar-refractivity contribution in [2.24, 2.45) is 0 Å². The normalized spacial score (nSPS) is 14.0. The molecule has 0 spiro atoms. The van der Waals surface area contributed by atoms with Crippen LogP contribution in [0.25, 0.3) is 0 Å². The summed E-state index contributed by atoms with van der Waals surface area (Å²) in [4.78, 5) is 2.31. The average Bonchev–Trinajstić information content (AvgIpc) is 2.77. The number of rotatable bonds is 8. The van der Waals surface area contributed by atoms with Gasteiger partial charge in [0.15, 0.2) is 0 Å². The largest absolute Gasteiger partial charge is 0.310 e. The van der Waals surface area contributed by atoms with E-state index in [1.807, 2.05) is 11.7 Å². The fourth-order valence-corrected chi connectivity index (χ4v) is 3.51. The van der Waals surface area contributed by atoms with E-state index < -0.39 is 0 Å². The van der Waals surface area contributed by atoms with Gasteiger partial charge < -0.3 is 10.2 Å². The summed E-state index contributed by atoms with van der Waals surface area (Å²) < 4.78 is 2.05. The third-order valence-electron chi connectivity index (χ3n) is 4.48. The number of halogens is 1. The molecule has 0 aliphatic carbocycles. The zero-order valence-corrected chi connectivity index (χ0v) is 14.5. The number of nitrogens with zero attached hydrogens (tertiary/aromatic N) is 3. The molecule has 0 radical (unpaired) electrons. The Morgan fingerprint density at radius 2 is 1.95 bits per heavy atom. The molecule has 0 aliphatic heterocycles. The van der Waals surface area contributed by atoms with E-state index >= 15 is 0 Å². The van der Waals surface area contributed by atoms with E-state index in [1.54, 1.807) is 6.20 Å². The molecule has 1 N–H and O–H groups in total. The molecular formula is C15H29ClN4. The number of hydrogen-bond acceptors (Lipinski definition) is 3. The van der Waals surface area contributed by atoms with Gasteiger partial charge in [-0.15, -0.1) is 0 Å². The number of aryl methyl sites for hydroxylation is 1. The molecule has 0 saturated carbocycles. The molecule has 5 heteroatoms. The SMILES string of the molecule is CCCn1ncc(Cl)c1C(NC)C(CC)(CC)N(C)C. The van der Waals surface area contributed by atoms with Crippen LogP contribution in [0.3, 0.4) is 0 Å². The Labute approximate surface area is 128 Å². The summed E-state index contributed by atoms with van der Waals surface area (Å²) in [7, 11) is 6.30. The summed E-state index contributed by atoms with van der Waals surface area (Å²) >= 11 is 6.44. The minimum Gasteiger partial charge on any atom is -0.310 e. The Morgan fingerprint density at radius 1 is 1.35 bits per heavy atom. The zero-order valence-electron chi connectivity index (χ0n) is 13.7. The van der Waals surface area contributed by atoms with Crippen LogP contribution >= 0.6 is 11.6 Å². The van der Waals surface area contributed by atoms with Crippen molar-refractivity contribution in [1.29, 1.82) is 0 Å². The van der Waals surface area contributed by atoms with Crippen LogP contribution in [0.4, 0.5) is 0 Å². The molecule has 1 aromatic rings. The lowest BCUT2D eigenvalue weighted by Gasteiger charge is -2.45. The molecule has 0 bridgehead atoms. The van der Waals surface area contributed by atoms with Crippen molar-refractivity contribution in [1.82, 2.24) is 20.0 Å². The average molecular weight is 301 g/mol. The zero-order chi connectivity index (χ0) is 15.3. The number of likely N-dealkylation sites (N-methyl/N-ethyl adjacent to an activating group) is 2. The van der Waals surface area contributed by atoms with E-state index in [0.717, 1.165) is 36.5 Å². The number of aromatic nitrogens is 2. The van der Waals surface area contributed by atoms with Gasteiger partial charge >= 0.3 is 0 Å². The second kappa shape index (κ2) is 7.43. The van der Waals surface area contributed by atoms with E-state index in [0.29, 0.717) is 0 Å². The van der Waals surface area contributed by atoms with Gasteiger partial charge in [0.2, 0.25) is 0 Å². The molecule has 1 heterocycles. The Kier molecular flexibility index (Phi) is 6.49. The monoisotopic (exact) mass is 300 g/mol. The van der Waals surface area contributed by atoms with Crippen molar-refractivity contribution in [3.05, 3.63) is 16.9 Å². The number of nitrogens with one attached hydrogen (secondary N) is 1. The van der Waals surface area contributed by atoms with E-state index in [2.05, 4.69) is 50.2 Å². The predicted octanol–water partition coefficient (Wildman–Crippen LogP) is 3.33. The number of hydrogen-bond donors (Lipinski definition) is 1. The van der Waals surface area contributed by atoms with Gasteiger partial charge in [0.25, 0.3) is 0 Å². The Bertz CT molecular complexity index is 410. The van der Waals surface area contributed by atoms with Gasteiger partial charge in [0.05, 0.1) is 23.0 Å². The third-order valence-corrected chi connectivity index (χ3v) is 4.77. The molecule has 20 heavy (non-hydrogen) atoms. The van der Waals surface area contributed by atoms with Crippen molar-refractivity contribution >= 4 is 11.6 Å². The smallest absolute Gasteiger partial charge is 0.0834 e. The van der Waals surface area contributed by atoms with Crippen LogP contribution in [0.2, 0.25) is 5.02 Å². The van der Waals surface area contributed by atoms with Gasteiger partial charge in [0.1, 0.15) is 0 Å². The highest BCUT2D eigenvalue weighted by Gasteiger charge is 2.40. The molecule has 0 amide bonds. The third kappa shape index (κ3) is 3.02. The highest BCUT2D eigenvalue weighted by molar-refractivity contribution is 6.31. The molecule has 4 nitrogen and oxygen atoms in total. The summed E-state index contributed by atoms with van der Waals surface area (Å²) in [6.45, 7) is 7.54. The summed E-state index contributed by atoms with van der Waals surface area (Å²) in [5, 5.41) is 8.68. The first-order valence-corrected chi connectivity index (χ1v) is 7.92. The van der Waals surface area contributed by atoms with Crippen LogP contribution in [0, 0.1) is 0 Å². The summed E-state index contributed by atoms with van der Waals surface area (Å²) in [5.41, 5.74) is 1.14. The maximum absolute atomic E-state index is 6.44. The summed E-state index contributed by atoms with van der Waals surface area (Å²) in [6, 6.07) is 0.161. The van der Waals surface area contributed by atoms with Crippen LogP contribution in [-0.2, 0) is 6.54 Å². The van der Waals surface area contributed by atoms with E-state index in [4.69, 9.17) is 11.6 Å². The lowest BCUT2D eigenvalue weighted by molar-refractivity contribution is 0.0876. The molecule has 1 unspecified atom stereocenters. The minimum absolute atomic E-state index is 0.0317. The summed E-state index contributed by atoms with van der Waals surface area (Å²) in [5.74, 6) is 0. The topological polar surface area (TPSA) is 33.1 Å². The van der Waals surface area contributed by atoms with Crippen LogP contribution in [-0.4, -0.2) is 41.4 Å². The maximum atomic E-state index is 6.44. The van der Waals surface area contributed by atoms with E-state index in [1.165, 1.54) is 0 Å². The van der Waals surface area contributed by atoms with Gasteiger partial charge in [-0.3, -0.25) is 4.68 Å².